The monoisotopic (exact) mass is 389 g/mol. The van der Waals surface area contributed by atoms with Gasteiger partial charge in [0.25, 0.3) is 0 Å². The van der Waals surface area contributed by atoms with Gasteiger partial charge in [0, 0.05) is 17.7 Å². The van der Waals surface area contributed by atoms with Crippen molar-refractivity contribution in [3.8, 4) is 5.75 Å². The summed E-state index contributed by atoms with van der Waals surface area (Å²) in [6.45, 7) is 1.32. The number of fused-ring (bicyclic) bond motifs is 1. The van der Waals surface area contributed by atoms with Crippen molar-refractivity contribution in [2.24, 2.45) is 0 Å². The fraction of sp³-hybridized carbons (Fsp3) is 0.333. The van der Waals surface area contributed by atoms with Crippen LogP contribution < -0.4 is 10.1 Å². The highest BCUT2D eigenvalue weighted by Crippen LogP contribution is 2.30. The number of hydrogen-bond donors (Lipinski definition) is 1. The molecule has 150 valence electrons. The Labute approximate surface area is 171 Å². The van der Waals surface area contributed by atoms with Crippen molar-refractivity contribution < 1.29 is 9.53 Å². The van der Waals surface area contributed by atoms with Crippen LogP contribution in [0.4, 0.5) is 0 Å². The lowest BCUT2D eigenvalue weighted by Crippen LogP contribution is -2.31. The van der Waals surface area contributed by atoms with Gasteiger partial charge < -0.3 is 10.1 Å². The van der Waals surface area contributed by atoms with E-state index in [1.54, 1.807) is 0 Å². The van der Waals surface area contributed by atoms with Gasteiger partial charge in [-0.05, 0) is 43.4 Å². The normalized spacial score (nSPS) is 15.5. The highest BCUT2D eigenvalue weighted by molar-refractivity contribution is 5.76. The molecule has 0 saturated carbocycles. The zero-order valence-corrected chi connectivity index (χ0v) is 16.6. The number of amides is 1. The summed E-state index contributed by atoms with van der Waals surface area (Å²) in [6.07, 6.45) is 6.15. The second-order valence-corrected chi connectivity index (χ2v) is 7.47. The Morgan fingerprint density at radius 3 is 2.66 bits per heavy atom. The molecule has 0 spiro atoms. The molecule has 0 bridgehead atoms. The first-order valence-electron chi connectivity index (χ1n) is 10.4. The molecule has 1 aromatic heterocycles. The van der Waals surface area contributed by atoms with Crippen LogP contribution in [0.2, 0.25) is 0 Å². The number of para-hydroxylation sites is 1. The van der Waals surface area contributed by atoms with Gasteiger partial charge in [0.2, 0.25) is 5.91 Å². The number of ether oxygens (including phenoxy) is 1. The van der Waals surface area contributed by atoms with Crippen molar-refractivity contribution in [3.05, 3.63) is 83.7 Å². The summed E-state index contributed by atoms with van der Waals surface area (Å²) < 4.78 is 7.75. The Bertz CT molecular complexity index is 922. The van der Waals surface area contributed by atoms with E-state index in [1.165, 1.54) is 16.8 Å². The molecule has 1 N–H and O–H groups in total. The van der Waals surface area contributed by atoms with Crippen molar-refractivity contribution in [2.75, 3.05) is 6.61 Å². The van der Waals surface area contributed by atoms with Crippen LogP contribution in [0.3, 0.4) is 0 Å². The van der Waals surface area contributed by atoms with Crippen molar-refractivity contribution >= 4 is 5.91 Å². The molecule has 2 aromatic carbocycles. The van der Waals surface area contributed by atoms with Gasteiger partial charge in [0.1, 0.15) is 5.75 Å². The Hall–Kier alpha value is -3.08. The summed E-state index contributed by atoms with van der Waals surface area (Å²) in [7, 11) is 0. The minimum atomic E-state index is 0.0609. The molecule has 0 radical (unpaired) electrons. The van der Waals surface area contributed by atoms with E-state index in [0.717, 1.165) is 31.6 Å². The van der Waals surface area contributed by atoms with E-state index in [1.807, 2.05) is 42.6 Å². The average molecular weight is 389 g/mol. The molecule has 5 nitrogen and oxygen atoms in total. The van der Waals surface area contributed by atoms with Crippen LogP contribution in [0.15, 0.2) is 66.9 Å². The second kappa shape index (κ2) is 9.41. The zero-order valence-electron chi connectivity index (χ0n) is 16.6. The maximum atomic E-state index is 12.4. The van der Waals surface area contributed by atoms with E-state index in [2.05, 4.69) is 39.4 Å². The number of nitrogens with one attached hydrogen (secondary N) is 1. The Morgan fingerprint density at radius 1 is 1.10 bits per heavy atom. The molecule has 5 heteroatoms. The van der Waals surface area contributed by atoms with Crippen LogP contribution in [0.25, 0.3) is 0 Å². The first kappa shape index (κ1) is 19.2. The van der Waals surface area contributed by atoms with Crippen LogP contribution in [0.1, 0.15) is 48.5 Å². The minimum Gasteiger partial charge on any atom is -0.494 e. The van der Waals surface area contributed by atoms with Gasteiger partial charge in [-0.25, -0.2) is 0 Å². The lowest BCUT2D eigenvalue weighted by molar-refractivity contribution is -0.122. The van der Waals surface area contributed by atoms with Crippen LogP contribution in [-0.4, -0.2) is 22.3 Å². The summed E-state index contributed by atoms with van der Waals surface area (Å²) in [5, 5.41) is 7.81. The zero-order chi connectivity index (χ0) is 19.9. The van der Waals surface area contributed by atoms with Gasteiger partial charge in [0.15, 0.2) is 0 Å². The second-order valence-electron chi connectivity index (χ2n) is 7.47. The van der Waals surface area contributed by atoms with Gasteiger partial charge in [-0.2, -0.15) is 5.10 Å². The Balaban J connectivity index is 1.29. The van der Waals surface area contributed by atoms with Crippen molar-refractivity contribution in [3.63, 3.8) is 0 Å². The molecule has 0 saturated heterocycles. The molecule has 3 aromatic rings. The maximum absolute atomic E-state index is 12.4. The van der Waals surface area contributed by atoms with E-state index in [-0.39, 0.29) is 11.9 Å². The van der Waals surface area contributed by atoms with E-state index in [4.69, 9.17) is 4.74 Å². The van der Waals surface area contributed by atoms with Crippen molar-refractivity contribution in [2.45, 2.75) is 44.7 Å². The molecule has 29 heavy (non-hydrogen) atoms. The molecule has 1 aliphatic rings. The topological polar surface area (TPSA) is 56.1 Å². The molecule has 1 amide bonds. The van der Waals surface area contributed by atoms with Crippen LogP contribution in [0.5, 0.6) is 5.75 Å². The van der Waals surface area contributed by atoms with E-state index >= 15 is 0 Å². The number of carbonyl (C=O) groups is 1. The smallest absolute Gasteiger partial charge is 0.220 e. The summed E-state index contributed by atoms with van der Waals surface area (Å²) in [5.41, 5.74) is 3.65. The quantitative estimate of drug-likeness (QED) is 0.585. The largest absolute Gasteiger partial charge is 0.494 e. The van der Waals surface area contributed by atoms with Gasteiger partial charge in [-0.15, -0.1) is 0 Å². The molecule has 1 unspecified atom stereocenters. The third kappa shape index (κ3) is 5.05. The molecular formula is C24H27N3O2. The summed E-state index contributed by atoms with van der Waals surface area (Å²) >= 11 is 0. The molecular weight excluding hydrogens is 362 g/mol. The predicted molar refractivity (Wildman–Crippen MR) is 113 cm³/mol. The maximum Gasteiger partial charge on any atom is 0.220 e. The van der Waals surface area contributed by atoms with Gasteiger partial charge in [0.05, 0.1) is 25.4 Å². The lowest BCUT2D eigenvalue weighted by atomic mass is 9.92. The molecule has 0 aliphatic heterocycles. The number of aromatic nitrogens is 2. The predicted octanol–water partition coefficient (Wildman–Crippen LogP) is 4.28. The number of rotatable bonds is 8. The molecule has 4 rings (SSSR count). The number of nitrogens with zero attached hydrogens (tertiary/aromatic N) is 2. The first-order valence-corrected chi connectivity index (χ1v) is 10.4. The van der Waals surface area contributed by atoms with E-state index in [0.29, 0.717) is 19.4 Å². The molecule has 0 fully saturated rings. The fourth-order valence-corrected chi connectivity index (χ4v) is 3.87. The SMILES string of the molecule is O=C(CCCOc1ccccc1)NC1CCCc2c1cnn2Cc1ccccc1. The number of benzene rings is 2. The average Bonchev–Trinajstić information content (AvgIpc) is 3.17. The van der Waals surface area contributed by atoms with Crippen molar-refractivity contribution in [1.29, 1.82) is 0 Å². The summed E-state index contributed by atoms with van der Waals surface area (Å²) in [6, 6.07) is 20.1. The fourth-order valence-electron chi connectivity index (χ4n) is 3.87. The van der Waals surface area contributed by atoms with Crippen LogP contribution >= 0.6 is 0 Å². The minimum absolute atomic E-state index is 0.0609. The first-order chi connectivity index (χ1) is 14.3. The Morgan fingerprint density at radius 2 is 1.86 bits per heavy atom. The van der Waals surface area contributed by atoms with Crippen LogP contribution in [-0.2, 0) is 17.8 Å². The lowest BCUT2D eigenvalue weighted by Gasteiger charge is -2.24. The standard InChI is InChI=1S/C24H27N3O2/c28-24(15-8-16-29-20-11-5-2-6-12-20)26-22-13-7-14-23-21(22)17-25-27(23)18-19-9-3-1-4-10-19/h1-6,9-12,17,22H,7-8,13-16,18H2,(H,26,28). The van der Waals surface area contributed by atoms with Gasteiger partial charge in [-0.3, -0.25) is 9.48 Å². The van der Waals surface area contributed by atoms with Gasteiger partial charge >= 0.3 is 0 Å². The third-order valence-corrected chi connectivity index (χ3v) is 5.33. The highest BCUT2D eigenvalue weighted by Gasteiger charge is 2.25. The van der Waals surface area contributed by atoms with E-state index in [9.17, 15) is 4.79 Å². The summed E-state index contributed by atoms with van der Waals surface area (Å²) in [5.74, 6) is 0.922. The number of hydrogen-bond acceptors (Lipinski definition) is 3. The third-order valence-electron chi connectivity index (χ3n) is 5.33. The van der Waals surface area contributed by atoms with Crippen molar-refractivity contribution in [1.82, 2.24) is 15.1 Å². The molecule has 1 atom stereocenters. The number of carbonyl (C=O) groups excluding carboxylic acids is 1. The Kier molecular flexibility index (Phi) is 6.25. The van der Waals surface area contributed by atoms with Gasteiger partial charge in [-0.1, -0.05) is 48.5 Å². The molecule has 1 heterocycles. The van der Waals surface area contributed by atoms with E-state index < -0.39 is 0 Å². The highest BCUT2D eigenvalue weighted by atomic mass is 16.5. The van der Waals surface area contributed by atoms with Crippen LogP contribution in [0, 0.1) is 0 Å². The summed E-state index contributed by atoms with van der Waals surface area (Å²) in [4.78, 5) is 12.4. The molecule has 1 aliphatic carbocycles.